The number of halogens is 1. The first kappa shape index (κ1) is 17.7. The van der Waals surface area contributed by atoms with E-state index in [-0.39, 0.29) is 5.91 Å². The highest BCUT2D eigenvalue weighted by Crippen LogP contribution is 2.27. The fraction of sp³-hybridized carbons (Fsp3) is 0.0455. The second-order valence-electron chi connectivity index (χ2n) is 6.15. The Morgan fingerprint density at radius 3 is 2.63 bits per heavy atom. The van der Waals surface area contributed by atoms with Gasteiger partial charge in [-0.15, -0.1) is 11.8 Å². The van der Waals surface area contributed by atoms with Gasteiger partial charge in [-0.05, 0) is 48.7 Å². The SMILES string of the molecule is CSc1ccc(C(=O)Nc2cccc(-c3cc4ccccc4[nH]3)c2)c(Cl)c1. The predicted octanol–water partition coefficient (Wildman–Crippen LogP) is 6.46. The third-order valence-corrected chi connectivity index (χ3v) is 5.42. The van der Waals surface area contributed by atoms with Crippen LogP contribution >= 0.6 is 23.4 Å². The number of nitrogens with one attached hydrogen (secondary N) is 2. The molecule has 0 atom stereocenters. The van der Waals surface area contributed by atoms with Crippen LogP contribution in [0.4, 0.5) is 5.69 Å². The van der Waals surface area contributed by atoms with Crippen LogP contribution in [0.3, 0.4) is 0 Å². The number of rotatable bonds is 4. The van der Waals surface area contributed by atoms with Crippen LogP contribution in [0.15, 0.2) is 77.7 Å². The van der Waals surface area contributed by atoms with E-state index in [9.17, 15) is 4.79 Å². The quantitative estimate of drug-likeness (QED) is 0.391. The van der Waals surface area contributed by atoms with Crippen molar-refractivity contribution in [1.82, 2.24) is 4.98 Å². The second-order valence-corrected chi connectivity index (χ2v) is 7.44. The Kier molecular flexibility index (Phi) is 4.92. The number of fused-ring (bicyclic) bond motifs is 1. The normalized spacial score (nSPS) is 10.9. The van der Waals surface area contributed by atoms with Crippen molar-refractivity contribution in [3.8, 4) is 11.3 Å². The lowest BCUT2D eigenvalue weighted by atomic mass is 10.1. The summed E-state index contributed by atoms with van der Waals surface area (Å²) in [5, 5.41) is 4.54. The minimum atomic E-state index is -0.221. The van der Waals surface area contributed by atoms with E-state index >= 15 is 0 Å². The molecule has 0 radical (unpaired) electrons. The zero-order valence-electron chi connectivity index (χ0n) is 14.6. The molecule has 134 valence electrons. The number of anilines is 1. The first-order chi connectivity index (χ1) is 13.1. The van der Waals surface area contributed by atoms with E-state index in [1.54, 1.807) is 17.8 Å². The van der Waals surface area contributed by atoms with Gasteiger partial charge in [0.2, 0.25) is 0 Å². The highest BCUT2D eigenvalue weighted by atomic mass is 35.5. The molecule has 1 aromatic heterocycles. The molecule has 0 unspecified atom stereocenters. The number of aromatic amines is 1. The van der Waals surface area contributed by atoms with Gasteiger partial charge in [0, 0.05) is 32.7 Å². The number of carbonyl (C=O) groups excluding carboxylic acids is 1. The lowest BCUT2D eigenvalue weighted by Crippen LogP contribution is -2.12. The Morgan fingerprint density at radius 2 is 1.85 bits per heavy atom. The van der Waals surface area contributed by atoms with E-state index < -0.39 is 0 Å². The van der Waals surface area contributed by atoms with Gasteiger partial charge >= 0.3 is 0 Å². The van der Waals surface area contributed by atoms with Crippen LogP contribution in [0.1, 0.15) is 10.4 Å². The molecule has 4 aromatic rings. The van der Waals surface area contributed by atoms with Gasteiger partial charge < -0.3 is 10.3 Å². The van der Waals surface area contributed by atoms with Crippen molar-refractivity contribution in [2.75, 3.05) is 11.6 Å². The topological polar surface area (TPSA) is 44.9 Å². The zero-order valence-corrected chi connectivity index (χ0v) is 16.2. The fourth-order valence-electron chi connectivity index (χ4n) is 3.00. The Morgan fingerprint density at radius 1 is 1.00 bits per heavy atom. The molecular formula is C22H17ClN2OS. The van der Waals surface area contributed by atoms with Gasteiger partial charge in [0.05, 0.1) is 10.6 Å². The minimum Gasteiger partial charge on any atom is -0.355 e. The summed E-state index contributed by atoms with van der Waals surface area (Å²) < 4.78 is 0. The summed E-state index contributed by atoms with van der Waals surface area (Å²) in [6, 6.07) is 23.5. The molecule has 1 amide bonds. The number of hydrogen-bond donors (Lipinski definition) is 2. The van der Waals surface area contributed by atoms with Crippen LogP contribution in [0.2, 0.25) is 5.02 Å². The fourth-order valence-corrected chi connectivity index (χ4v) is 3.77. The summed E-state index contributed by atoms with van der Waals surface area (Å²) in [4.78, 5) is 17.0. The predicted molar refractivity (Wildman–Crippen MR) is 115 cm³/mol. The molecule has 27 heavy (non-hydrogen) atoms. The molecule has 2 N–H and O–H groups in total. The molecule has 1 heterocycles. The first-order valence-corrected chi connectivity index (χ1v) is 10.1. The molecule has 0 aliphatic carbocycles. The number of benzene rings is 3. The molecule has 3 aromatic carbocycles. The van der Waals surface area contributed by atoms with Crippen molar-refractivity contribution in [2.24, 2.45) is 0 Å². The van der Waals surface area contributed by atoms with Gasteiger partial charge in [0.15, 0.2) is 0 Å². The maximum absolute atomic E-state index is 12.6. The van der Waals surface area contributed by atoms with E-state index in [1.165, 1.54) is 0 Å². The van der Waals surface area contributed by atoms with Crippen molar-refractivity contribution in [2.45, 2.75) is 4.90 Å². The number of hydrogen-bond acceptors (Lipinski definition) is 2. The summed E-state index contributed by atoms with van der Waals surface area (Å²) in [5.41, 5.74) is 4.29. The standard InChI is InChI=1S/C22H17ClN2OS/c1-27-17-9-10-18(19(23)13-17)22(26)24-16-7-4-6-14(11-16)21-12-15-5-2-3-8-20(15)25-21/h2-13,25H,1H3,(H,24,26). The van der Waals surface area contributed by atoms with Crippen LogP contribution in [0, 0.1) is 0 Å². The lowest BCUT2D eigenvalue weighted by Gasteiger charge is -2.09. The average molecular weight is 393 g/mol. The van der Waals surface area contributed by atoms with E-state index in [0.717, 1.165) is 32.7 Å². The van der Waals surface area contributed by atoms with E-state index in [1.807, 2.05) is 60.9 Å². The molecule has 0 fully saturated rings. The Labute approximate surface area is 166 Å². The summed E-state index contributed by atoms with van der Waals surface area (Å²) in [6.45, 7) is 0. The van der Waals surface area contributed by atoms with Crippen LogP contribution in [0.5, 0.6) is 0 Å². The van der Waals surface area contributed by atoms with Gasteiger partial charge in [0.25, 0.3) is 5.91 Å². The van der Waals surface area contributed by atoms with E-state index in [0.29, 0.717) is 10.6 Å². The zero-order chi connectivity index (χ0) is 18.8. The maximum Gasteiger partial charge on any atom is 0.257 e. The summed E-state index contributed by atoms with van der Waals surface area (Å²) in [5.74, 6) is -0.221. The minimum absolute atomic E-state index is 0.221. The number of aromatic nitrogens is 1. The second kappa shape index (κ2) is 7.51. The molecule has 5 heteroatoms. The highest BCUT2D eigenvalue weighted by molar-refractivity contribution is 7.98. The van der Waals surface area contributed by atoms with Crippen molar-refractivity contribution >= 4 is 45.9 Å². The van der Waals surface area contributed by atoms with Gasteiger partial charge in [-0.1, -0.05) is 41.9 Å². The summed E-state index contributed by atoms with van der Waals surface area (Å²) >= 11 is 7.85. The number of H-pyrrole nitrogens is 1. The number of carbonyl (C=O) groups is 1. The summed E-state index contributed by atoms with van der Waals surface area (Å²) in [6.07, 6.45) is 1.97. The monoisotopic (exact) mass is 392 g/mol. The third-order valence-electron chi connectivity index (χ3n) is 4.38. The lowest BCUT2D eigenvalue weighted by molar-refractivity contribution is 0.102. The molecule has 0 saturated carbocycles. The molecule has 0 spiro atoms. The molecule has 0 bridgehead atoms. The number of thioether (sulfide) groups is 1. The maximum atomic E-state index is 12.6. The molecule has 0 saturated heterocycles. The Bertz CT molecular complexity index is 1100. The first-order valence-electron chi connectivity index (χ1n) is 8.47. The van der Waals surface area contributed by atoms with Crippen LogP contribution in [0.25, 0.3) is 22.2 Å². The third kappa shape index (κ3) is 3.72. The van der Waals surface area contributed by atoms with Crippen LogP contribution in [-0.4, -0.2) is 17.1 Å². The Hall–Kier alpha value is -2.69. The van der Waals surface area contributed by atoms with Crippen molar-refractivity contribution in [3.63, 3.8) is 0 Å². The van der Waals surface area contributed by atoms with Gasteiger partial charge in [-0.3, -0.25) is 4.79 Å². The Balaban J connectivity index is 1.60. The van der Waals surface area contributed by atoms with E-state index in [2.05, 4.69) is 22.4 Å². The molecule has 4 rings (SSSR count). The largest absolute Gasteiger partial charge is 0.355 e. The molecule has 0 aliphatic heterocycles. The molecular weight excluding hydrogens is 376 g/mol. The number of amides is 1. The smallest absolute Gasteiger partial charge is 0.257 e. The van der Waals surface area contributed by atoms with Gasteiger partial charge in [-0.2, -0.15) is 0 Å². The van der Waals surface area contributed by atoms with Crippen LogP contribution < -0.4 is 5.32 Å². The number of para-hydroxylation sites is 1. The van der Waals surface area contributed by atoms with E-state index in [4.69, 9.17) is 11.6 Å². The molecule has 3 nitrogen and oxygen atoms in total. The highest BCUT2D eigenvalue weighted by Gasteiger charge is 2.12. The van der Waals surface area contributed by atoms with Crippen molar-refractivity contribution < 1.29 is 4.79 Å². The van der Waals surface area contributed by atoms with Gasteiger partial charge in [-0.25, -0.2) is 0 Å². The summed E-state index contributed by atoms with van der Waals surface area (Å²) in [7, 11) is 0. The van der Waals surface area contributed by atoms with Crippen molar-refractivity contribution in [3.05, 3.63) is 83.4 Å². The average Bonchev–Trinajstić information content (AvgIpc) is 3.12. The molecule has 0 aliphatic rings. The van der Waals surface area contributed by atoms with Crippen LogP contribution in [-0.2, 0) is 0 Å². The van der Waals surface area contributed by atoms with Crippen molar-refractivity contribution in [1.29, 1.82) is 0 Å². The van der Waals surface area contributed by atoms with Gasteiger partial charge in [0.1, 0.15) is 0 Å².